The van der Waals surface area contributed by atoms with Crippen LogP contribution in [0.4, 0.5) is 4.39 Å². The molecule has 0 aliphatic heterocycles. The first-order valence-corrected chi connectivity index (χ1v) is 9.99. The van der Waals surface area contributed by atoms with Gasteiger partial charge in [0.15, 0.2) is 0 Å². The van der Waals surface area contributed by atoms with Crippen molar-refractivity contribution >= 4 is 22.8 Å². The van der Waals surface area contributed by atoms with Crippen molar-refractivity contribution in [2.24, 2.45) is 0 Å². The largest absolute Gasteiger partial charge is 0.508 e. The number of nitrogens with one attached hydrogen (secondary N) is 1. The molecule has 2 aromatic carbocycles. The number of carbonyl (C=O) groups excluding carboxylic acids is 1. The van der Waals surface area contributed by atoms with Gasteiger partial charge >= 0.3 is 5.97 Å². The fourth-order valence-corrected chi connectivity index (χ4v) is 4.33. The minimum Gasteiger partial charge on any atom is -0.508 e. The van der Waals surface area contributed by atoms with Crippen molar-refractivity contribution in [1.29, 1.82) is 0 Å². The molecule has 1 heterocycles. The number of aliphatic carboxylic acids is 1. The number of carbonyl (C=O) groups is 2. The number of rotatable bonds is 6. The molecule has 1 aliphatic rings. The number of amides is 1. The highest BCUT2D eigenvalue weighted by Gasteiger charge is 2.27. The Labute approximate surface area is 172 Å². The third-order valence-corrected chi connectivity index (χ3v) is 5.64. The van der Waals surface area contributed by atoms with Gasteiger partial charge in [-0.3, -0.25) is 9.59 Å². The van der Waals surface area contributed by atoms with Crippen molar-refractivity contribution in [3.8, 4) is 5.75 Å². The van der Waals surface area contributed by atoms with E-state index in [1.165, 1.54) is 12.1 Å². The van der Waals surface area contributed by atoms with E-state index in [-0.39, 0.29) is 30.1 Å². The van der Waals surface area contributed by atoms with Crippen LogP contribution >= 0.6 is 0 Å². The van der Waals surface area contributed by atoms with Crippen LogP contribution < -0.4 is 5.32 Å². The molecule has 0 saturated heterocycles. The number of halogens is 1. The summed E-state index contributed by atoms with van der Waals surface area (Å²) >= 11 is 0. The summed E-state index contributed by atoms with van der Waals surface area (Å²) in [5, 5.41) is 22.6. The molecule has 3 aromatic rings. The zero-order valence-electron chi connectivity index (χ0n) is 16.4. The summed E-state index contributed by atoms with van der Waals surface area (Å²) in [4.78, 5) is 23.7. The van der Waals surface area contributed by atoms with Crippen molar-refractivity contribution in [3.05, 3.63) is 65.1 Å². The standard InChI is InChI=1S/C23H23FN2O4/c24-15-5-7-20-18(11-15)19-12-16(6-8-21(19)26(20)13-23(29)30)25-22(28)9-4-14-2-1-3-17(27)10-14/h1-3,5,7,10-11,16,27H,4,6,8-9,12-13H2,(H,25,28)(H,29,30)/t16-/m0/s1. The Hall–Kier alpha value is -3.35. The van der Waals surface area contributed by atoms with E-state index in [1.54, 1.807) is 28.8 Å². The minimum atomic E-state index is -0.943. The second-order valence-electron chi connectivity index (χ2n) is 7.74. The summed E-state index contributed by atoms with van der Waals surface area (Å²) in [6.45, 7) is -0.168. The number of phenolic OH excluding ortho intramolecular Hbond substituents is 1. The van der Waals surface area contributed by atoms with Crippen LogP contribution in [0.1, 0.15) is 29.7 Å². The van der Waals surface area contributed by atoms with E-state index in [0.29, 0.717) is 43.0 Å². The van der Waals surface area contributed by atoms with Gasteiger partial charge in [0, 0.05) is 29.1 Å². The van der Waals surface area contributed by atoms with Gasteiger partial charge in [0.25, 0.3) is 0 Å². The number of benzene rings is 2. The highest BCUT2D eigenvalue weighted by molar-refractivity contribution is 5.87. The summed E-state index contributed by atoms with van der Waals surface area (Å²) in [7, 11) is 0. The molecule has 0 radical (unpaired) electrons. The number of fused-ring (bicyclic) bond motifs is 3. The molecule has 1 aromatic heterocycles. The fraction of sp³-hybridized carbons (Fsp3) is 0.304. The molecule has 0 saturated carbocycles. The van der Waals surface area contributed by atoms with Crippen LogP contribution in [0.15, 0.2) is 42.5 Å². The second-order valence-corrected chi connectivity index (χ2v) is 7.74. The topological polar surface area (TPSA) is 91.6 Å². The van der Waals surface area contributed by atoms with Gasteiger partial charge in [0.05, 0.1) is 0 Å². The Morgan fingerprint density at radius 1 is 1.20 bits per heavy atom. The summed E-state index contributed by atoms with van der Waals surface area (Å²) in [5.74, 6) is -1.21. The molecule has 0 fully saturated rings. The lowest BCUT2D eigenvalue weighted by atomic mass is 9.91. The van der Waals surface area contributed by atoms with E-state index >= 15 is 0 Å². The SMILES string of the molecule is O=C(O)Cn1c2c(c3cc(F)ccc31)C[C@@H](NC(=O)CCc1cccc(O)c1)CC2. The van der Waals surface area contributed by atoms with Gasteiger partial charge in [-0.2, -0.15) is 0 Å². The zero-order valence-corrected chi connectivity index (χ0v) is 16.4. The van der Waals surface area contributed by atoms with Crippen LogP contribution in [0.3, 0.4) is 0 Å². The third-order valence-electron chi connectivity index (χ3n) is 5.64. The Bertz CT molecular complexity index is 1120. The van der Waals surface area contributed by atoms with Crippen LogP contribution in [0.25, 0.3) is 10.9 Å². The number of aromatic hydroxyl groups is 1. The Morgan fingerprint density at radius 3 is 2.80 bits per heavy atom. The maximum absolute atomic E-state index is 13.9. The Morgan fingerprint density at radius 2 is 2.03 bits per heavy atom. The highest BCUT2D eigenvalue weighted by Crippen LogP contribution is 2.33. The Balaban J connectivity index is 1.49. The molecule has 1 amide bonds. The van der Waals surface area contributed by atoms with Gasteiger partial charge in [0.1, 0.15) is 18.1 Å². The van der Waals surface area contributed by atoms with Crippen molar-refractivity contribution in [3.63, 3.8) is 0 Å². The average molecular weight is 410 g/mol. The Kier molecular flexibility index (Phi) is 5.44. The number of nitrogens with zero attached hydrogens (tertiary/aromatic N) is 1. The van der Waals surface area contributed by atoms with Gasteiger partial charge in [-0.1, -0.05) is 12.1 Å². The van der Waals surface area contributed by atoms with Gasteiger partial charge in [0.2, 0.25) is 5.91 Å². The van der Waals surface area contributed by atoms with E-state index in [2.05, 4.69) is 5.32 Å². The quantitative estimate of drug-likeness (QED) is 0.582. The predicted octanol–water partition coefficient (Wildman–Crippen LogP) is 3.18. The summed E-state index contributed by atoms with van der Waals surface area (Å²) in [6.07, 6.45) is 2.70. The smallest absolute Gasteiger partial charge is 0.323 e. The minimum absolute atomic E-state index is 0.0766. The maximum atomic E-state index is 13.9. The molecule has 3 N–H and O–H groups in total. The van der Waals surface area contributed by atoms with Crippen LogP contribution in [0, 0.1) is 5.82 Å². The van der Waals surface area contributed by atoms with Crippen molar-refractivity contribution in [2.45, 2.75) is 44.7 Å². The molecular formula is C23H23FN2O4. The van der Waals surface area contributed by atoms with Crippen molar-refractivity contribution < 1.29 is 24.2 Å². The van der Waals surface area contributed by atoms with Gasteiger partial charge in [-0.25, -0.2) is 4.39 Å². The number of phenols is 1. The first-order chi connectivity index (χ1) is 14.4. The molecular weight excluding hydrogens is 387 g/mol. The van der Waals surface area contributed by atoms with Crippen LogP contribution in [0.5, 0.6) is 5.75 Å². The lowest BCUT2D eigenvalue weighted by Gasteiger charge is -2.25. The molecule has 0 bridgehead atoms. The maximum Gasteiger partial charge on any atom is 0.323 e. The molecule has 6 nitrogen and oxygen atoms in total. The predicted molar refractivity (Wildman–Crippen MR) is 110 cm³/mol. The van der Waals surface area contributed by atoms with E-state index in [4.69, 9.17) is 0 Å². The molecule has 156 valence electrons. The first-order valence-electron chi connectivity index (χ1n) is 9.99. The molecule has 7 heteroatoms. The molecule has 0 spiro atoms. The first kappa shape index (κ1) is 19.9. The van der Waals surface area contributed by atoms with E-state index in [1.807, 2.05) is 6.07 Å². The summed E-state index contributed by atoms with van der Waals surface area (Å²) in [6, 6.07) is 11.2. The van der Waals surface area contributed by atoms with Gasteiger partial charge in [-0.05, 0) is 67.1 Å². The van der Waals surface area contributed by atoms with Crippen molar-refractivity contribution in [1.82, 2.24) is 9.88 Å². The second kappa shape index (κ2) is 8.18. The average Bonchev–Trinajstić information content (AvgIpc) is 2.98. The number of aryl methyl sites for hydroxylation is 1. The molecule has 4 rings (SSSR count). The molecule has 1 aliphatic carbocycles. The van der Waals surface area contributed by atoms with Gasteiger partial charge < -0.3 is 20.1 Å². The number of carboxylic acid groups (broad SMARTS) is 1. The van der Waals surface area contributed by atoms with Crippen molar-refractivity contribution in [2.75, 3.05) is 0 Å². The lowest BCUT2D eigenvalue weighted by Crippen LogP contribution is -2.39. The number of hydrogen-bond donors (Lipinski definition) is 3. The monoisotopic (exact) mass is 410 g/mol. The molecule has 30 heavy (non-hydrogen) atoms. The van der Waals surface area contributed by atoms with E-state index in [0.717, 1.165) is 16.8 Å². The number of aromatic nitrogens is 1. The molecule has 1 atom stereocenters. The van der Waals surface area contributed by atoms with Crippen LogP contribution in [-0.4, -0.2) is 32.7 Å². The zero-order chi connectivity index (χ0) is 21.3. The fourth-order valence-electron chi connectivity index (χ4n) is 4.33. The summed E-state index contributed by atoms with van der Waals surface area (Å²) in [5.41, 5.74) is 3.42. The highest BCUT2D eigenvalue weighted by atomic mass is 19.1. The van der Waals surface area contributed by atoms with Gasteiger partial charge in [-0.15, -0.1) is 0 Å². The lowest BCUT2D eigenvalue weighted by molar-refractivity contribution is -0.137. The van der Waals surface area contributed by atoms with E-state index in [9.17, 15) is 24.2 Å². The summed E-state index contributed by atoms with van der Waals surface area (Å²) < 4.78 is 15.6. The van der Waals surface area contributed by atoms with Crippen LogP contribution in [-0.2, 0) is 35.4 Å². The number of carboxylic acids is 1. The van der Waals surface area contributed by atoms with E-state index < -0.39 is 5.97 Å². The normalized spacial score (nSPS) is 15.7. The number of hydrogen-bond acceptors (Lipinski definition) is 3. The third kappa shape index (κ3) is 4.15. The molecule has 0 unspecified atom stereocenters. The van der Waals surface area contributed by atoms with Crippen LogP contribution in [0.2, 0.25) is 0 Å².